The molecule has 0 spiro atoms. The number of allylic oxidation sites excluding steroid dienone is 1. The van der Waals surface area contributed by atoms with Crippen molar-refractivity contribution in [1.29, 1.82) is 0 Å². The monoisotopic (exact) mass is 394 g/mol. The van der Waals surface area contributed by atoms with Crippen LogP contribution in [-0.2, 0) is 7.05 Å². The average molecular weight is 394 g/mol. The third-order valence-electron chi connectivity index (χ3n) is 6.10. The Bertz CT molecular complexity index is 1310. The van der Waals surface area contributed by atoms with Crippen LogP contribution >= 0.6 is 0 Å². The van der Waals surface area contributed by atoms with Crippen LogP contribution in [0.5, 0.6) is 0 Å². The molecule has 5 heteroatoms. The summed E-state index contributed by atoms with van der Waals surface area (Å²) < 4.78 is 8.46. The summed E-state index contributed by atoms with van der Waals surface area (Å²) in [6, 6.07) is 17.1. The van der Waals surface area contributed by atoms with Gasteiger partial charge in [0.1, 0.15) is 7.05 Å². The van der Waals surface area contributed by atoms with Crippen LogP contribution in [0.4, 0.5) is 5.88 Å². The Kier molecular flexibility index (Phi) is 4.28. The SMILES string of the molecule is CC1=Cc2c(oc3nc(C)ccc23)N(C)B1c1cc(-c2ccccc2)c(C)c[n+]1C. The zero-order chi connectivity index (χ0) is 21.0. The van der Waals surface area contributed by atoms with E-state index in [1.165, 1.54) is 27.8 Å². The van der Waals surface area contributed by atoms with Crippen LogP contribution in [0, 0.1) is 13.8 Å². The fraction of sp³-hybridized carbons (Fsp3) is 0.200. The molecule has 5 rings (SSSR count). The molecule has 30 heavy (non-hydrogen) atoms. The van der Waals surface area contributed by atoms with E-state index in [9.17, 15) is 0 Å². The molecule has 1 aromatic carbocycles. The van der Waals surface area contributed by atoms with Crippen LogP contribution in [0.15, 0.2) is 64.6 Å². The van der Waals surface area contributed by atoms with Gasteiger partial charge in [0.15, 0.2) is 17.7 Å². The Morgan fingerprint density at radius 2 is 1.80 bits per heavy atom. The first kappa shape index (κ1) is 18.7. The van der Waals surface area contributed by atoms with Crippen LogP contribution in [0.3, 0.4) is 0 Å². The summed E-state index contributed by atoms with van der Waals surface area (Å²) >= 11 is 0. The van der Waals surface area contributed by atoms with Gasteiger partial charge in [-0.1, -0.05) is 41.9 Å². The minimum absolute atomic E-state index is 0.0900. The van der Waals surface area contributed by atoms with E-state index >= 15 is 0 Å². The Labute approximate surface area is 177 Å². The number of furan rings is 1. The maximum absolute atomic E-state index is 6.22. The Morgan fingerprint density at radius 3 is 2.57 bits per heavy atom. The quantitative estimate of drug-likeness (QED) is 0.377. The lowest BCUT2D eigenvalue weighted by atomic mass is 9.49. The lowest BCUT2D eigenvalue weighted by Crippen LogP contribution is -2.62. The molecule has 0 aliphatic carbocycles. The second-order valence-electron chi connectivity index (χ2n) is 8.30. The van der Waals surface area contributed by atoms with Crippen LogP contribution in [-0.4, -0.2) is 18.9 Å². The Hall–Kier alpha value is -3.34. The summed E-state index contributed by atoms with van der Waals surface area (Å²) in [5.41, 5.74) is 9.06. The molecule has 0 atom stereocenters. The zero-order valence-corrected chi connectivity index (χ0v) is 18.1. The molecule has 0 saturated carbocycles. The molecule has 0 N–H and O–H groups in total. The van der Waals surface area contributed by atoms with Gasteiger partial charge in [-0.2, -0.15) is 0 Å². The van der Waals surface area contributed by atoms with Gasteiger partial charge in [0, 0.05) is 28.3 Å². The predicted molar refractivity (Wildman–Crippen MR) is 124 cm³/mol. The summed E-state index contributed by atoms with van der Waals surface area (Å²) in [5.74, 6) is 0.875. The van der Waals surface area contributed by atoms with Gasteiger partial charge in [0.2, 0.25) is 5.71 Å². The molecule has 148 valence electrons. The van der Waals surface area contributed by atoms with Gasteiger partial charge in [-0.3, -0.25) is 0 Å². The van der Waals surface area contributed by atoms with Crippen molar-refractivity contribution in [2.24, 2.45) is 7.05 Å². The first-order valence-electron chi connectivity index (χ1n) is 10.3. The smallest absolute Gasteiger partial charge is 0.401 e. The van der Waals surface area contributed by atoms with E-state index in [2.05, 4.69) is 97.0 Å². The molecule has 0 radical (unpaired) electrons. The van der Waals surface area contributed by atoms with Crippen molar-refractivity contribution in [2.75, 3.05) is 11.9 Å². The highest BCUT2D eigenvalue weighted by Gasteiger charge is 2.39. The lowest BCUT2D eigenvalue weighted by molar-refractivity contribution is -0.654. The van der Waals surface area contributed by atoms with Gasteiger partial charge in [0.25, 0.3) is 0 Å². The Balaban J connectivity index is 1.66. The van der Waals surface area contributed by atoms with Crippen LogP contribution < -0.4 is 15.0 Å². The average Bonchev–Trinajstić information content (AvgIpc) is 3.08. The molecule has 4 heterocycles. The van der Waals surface area contributed by atoms with Crippen LogP contribution in [0.2, 0.25) is 0 Å². The third-order valence-corrected chi connectivity index (χ3v) is 6.10. The van der Waals surface area contributed by atoms with Crippen molar-refractivity contribution < 1.29 is 8.98 Å². The second kappa shape index (κ2) is 6.87. The maximum atomic E-state index is 6.22. The van der Waals surface area contributed by atoms with E-state index in [4.69, 9.17) is 4.42 Å². The van der Waals surface area contributed by atoms with E-state index in [0.29, 0.717) is 5.71 Å². The molecule has 0 amide bonds. The molecule has 0 bridgehead atoms. The van der Waals surface area contributed by atoms with Gasteiger partial charge >= 0.3 is 6.85 Å². The highest BCUT2D eigenvalue weighted by molar-refractivity contribution is 6.82. The predicted octanol–water partition coefficient (Wildman–Crippen LogP) is 4.23. The molecule has 1 aliphatic rings. The normalized spacial score (nSPS) is 13.6. The highest BCUT2D eigenvalue weighted by Crippen LogP contribution is 2.37. The first-order valence-corrected chi connectivity index (χ1v) is 10.3. The second-order valence-corrected chi connectivity index (χ2v) is 8.30. The number of hydrogen-bond donors (Lipinski definition) is 0. The third kappa shape index (κ3) is 2.85. The molecular weight excluding hydrogens is 369 g/mol. The van der Waals surface area contributed by atoms with Gasteiger partial charge in [-0.25, -0.2) is 9.55 Å². The fourth-order valence-electron chi connectivity index (χ4n) is 4.64. The van der Waals surface area contributed by atoms with E-state index in [0.717, 1.165) is 22.5 Å². The number of rotatable bonds is 2. The molecule has 4 nitrogen and oxygen atoms in total. The number of pyridine rings is 2. The number of hydrogen-bond acceptors (Lipinski definition) is 3. The number of aromatic nitrogens is 2. The van der Waals surface area contributed by atoms with Gasteiger partial charge < -0.3 is 9.23 Å². The lowest BCUT2D eigenvalue weighted by Gasteiger charge is -2.28. The van der Waals surface area contributed by atoms with Crippen molar-refractivity contribution in [2.45, 2.75) is 20.8 Å². The van der Waals surface area contributed by atoms with Gasteiger partial charge in [-0.15, -0.1) is 0 Å². The summed E-state index contributed by atoms with van der Waals surface area (Å²) in [7, 11) is 4.23. The maximum Gasteiger partial charge on any atom is 0.401 e. The van der Waals surface area contributed by atoms with Crippen molar-refractivity contribution in [1.82, 2.24) is 4.98 Å². The number of fused-ring (bicyclic) bond motifs is 3. The number of anilines is 1. The van der Waals surface area contributed by atoms with Crippen molar-refractivity contribution in [3.63, 3.8) is 0 Å². The number of aryl methyl sites for hydroxylation is 3. The van der Waals surface area contributed by atoms with Crippen molar-refractivity contribution in [3.05, 3.63) is 77.0 Å². The molecule has 0 saturated heterocycles. The molecule has 0 unspecified atom stereocenters. The van der Waals surface area contributed by atoms with E-state index in [-0.39, 0.29) is 6.85 Å². The molecule has 1 aliphatic heterocycles. The van der Waals surface area contributed by atoms with Crippen molar-refractivity contribution >= 4 is 35.5 Å². The minimum atomic E-state index is 0.0900. The molecular formula is C25H25BN3O+. The molecule has 3 aromatic heterocycles. The summed E-state index contributed by atoms with van der Waals surface area (Å²) in [4.78, 5) is 6.83. The fourth-order valence-corrected chi connectivity index (χ4v) is 4.64. The first-order chi connectivity index (χ1) is 14.4. The van der Waals surface area contributed by atoms with Crippen molar-refractivity contribution in [3.8, 4) is 11.1 Å². The standard InChI is InChI=1S/C25H25BN3O/c1-16-15-28(4)23(14-21(16)19-9-7-6-8-10-19)26-17(2)13-22-20-12-11-18(3)27-24(20)30-25(22)29(26)5/h6-15H,1-5H3/q+1. The number of nitrogens with zero attached hydrogens (tertiary/aromatic N) is 3. The minimum Gasteiger partial charge on any atom is -0.423 e. The van der Waals surface area contributed by atoms with Crippen LogP contribution in [0.25, 0.3) is 28.3 Å². The van der Waals surface area contributed by atoms with Gasteiger partial charge in [-0.05, 0) is 51.1 Å². The highest BCUT2D eigenvalue weighted by atomic mass is 16.4. The summed E-state index contributed by atoms with van der Waals surface area (Å²) in [5, 5.41) is 1.07. The molecule has 0 fully saturated rings. The van der Waals surface area contributed by atoms with E-state index in [1.54, 1.807) is 0 Å². The summed E-state index contributed by atoms with van der Waals surface area (Å²) in [6.07, 6.45) is 4.47. The van der Waals surface area contributed by atoms with Crippen LogP contribution in [0.1, 0.15) is 23.7 Å². The van der Waals surface area contributed by atoms with E-state index < -0.39 is 0 Å². The topological polar surface area (TPSA) is 33.2 Å². The van der Waals surface area contributed by atoms with E-state index in [1.807, 2.05) is 13.0 Å². The number of benzene rings is 1. The van der Waals surface area contributed by atoms with Gasteiger partial charge in [0.05, 0.1) is 0 Å². The Morgan fingerprint density at radius 1 is 1.03 bits per heavy atom. The zero-order valence-electron chi connectivity index (χ0n) is 18.1. The molecule has 4 aromatic rings. The summed E-state index contributed by atoms with van der Waals surface area (Å²) in [6.45, 7) is 6.45. The largest absolute Gasteiger partial charge is 0.423 e.